The highest BCUT2D eigenvalue weighted by Gasteiger charge is 2.21. The van der Waals surface area contributed by atoms with Crippen molar-refractivity contribution in [3.8, 4) is 0 Å². The second-order valence-corrected chi connectivity index (χ2v) is 7.20. The van der Waals surface area contributed by atoms with E-state index >= 15 is 0 Å². The zero-order valence-corrected chi connectivity index (χ0v) is 11.6. The van der Waals surface area contributed by atoms with Gasteiger partial charge in [-0.05, 0) is 11.6 Å². The highest BCUT2D eigenvalue weighted by atomic mass is 32.2. The molecule has 1 aliphatic heterocycles. The van der Waals surface area contributed by atoms with E-state index in [9.17, 15) is 0 Å². The van der Waals surface area contributed by atoms with E-state index in [0.29, 0.717) is 6.04 Å². The minimum atomic E-state index is 0.242. The number of benzene rings is 1. The molecule has 94 valence electrons. The summed E-state index contributed by atoms with van der Waals surface area (Å²) in [5.74, 6) is 0. The molecule has 17 heavy (non-hydrogen) atoms. The van der Waals surface area contributed by atoms with Gasteiger partial charge in [0, 0.05) is 16.2 Å². The third kappa shape index (κ3) is 3.73. The molecular weight excluding hydrogens is 230 g/mol. The van der Waals surface area contributed by atoms with Crippen molar-refractivity contribution in [2.75, 3.05) is 19.8 Å². The van der Waals surface area contributed by atoms with Crippen LogP contribution in [0.15, 0.2) is 29.2 Å². The molecule has 1 saturated heterocycles. The third-order valence-corrected chi connectivity index (χ3v) is 3.84. The maximum atomic E-state index is 5.55. The molecular formula is C14H21NOS. The number of thioether (sulfide) groups is 1. The Morgan fingerprint density at radius 2 is 2.06 bits per heavy atom. The first kappa shape index (κ1) is 12.9. The Labute approximate surface area is 108 Å². The summed E-state index contributed by atoms with van der Waals surface area (Å²) < 4.78 is 5.79. The molecule has 0 aromatic heterocycles. The normalized spacial score (nSPS) is 21.5. The van der Waals surface area contributed by atoms with Crippen LogP contribution in [0.5, 0.6) is 0 Å². The lowest BCUT2D eigenvalue weighted by molar-refractivity contribution is 0.0761. The van der Waals surface area contributed by atoms with Crippen molar-refractivity contribution < 1.29 is 4.74 Å². The van der Waals surface area contributed by atoms with Crippen LogP contribution in [0.4, 0.5) is 0 Å². The van der Waals surface area contributed by atoms with E-state index < -0.39 is 0 Å². The van der Waals surface area contributed by atoms with Crippen molar-refractivity contribution in [2.24, 2.45) is 0 Å². The van der Waals surface area contributed by atoms with Gasteiger partial charge in [-0.25, -0.2) is 0 Å². The molecule has 0 spiro atoms. The van der Waals surface area contributed by atoms with Gasteiger partial charge < -0.3 is 10.1 Å². The summed E-state index contributed by atoms with van der Waals surface area (Å²) in [6, 6.07) is 8.98. The van der Waals surface area contributed by atoms with Crippen molar-refractivity contribution in [1.29, 1.82) is 0 Å². The van der Waals surface area contributed by atoms with Gasteiger partial charge in [0.2, 0.25) is 0 Å². The first-order chi connectivity index (χ1) is 8.06. The van der Waals surface area contributed by atoms with Crippen molar-refractivity contribution in [1.82, 2.24) is 5.32 Å². The van der Waals surface area contributed by atoms with Crippen molar-refractivity contribution in [3.63, 3.8) is 0 Å². The van der Waals surface area contributed by atoms with Gasteiger partial charge in [0.05, 0.1) is 19.3 Å². The summed E-state index contributed by atoms with van der Waals surface area (Å²) in [4.78, 5) is 1.36. The van der Waals surface area contributed by atoms with Crippen LogP contribution in [0.3, 0.4) is 0 Å². The van der Waals surface area contributed by atoms with Gasteiger partial charge in [0.1, 0.15) is 0 Å². The fraction of sp³-hybridized carbons (Fsp3) is 0.571. The predicted octanol–water partition coefficient (Wildman–Crippen LogP) is 3.24. The number of ether oxygens (including phenoxy) is 1. The van der Waals surface area contributed by atoms with E-state index in [2.05, 4.69) is 50.4 Å². The van der Waals surface area contributed by atoms with Gasteiger partial charge in [0.25, 0.3) is 0 Å². The lowest BCUT2D eigenvalue weighted by atomic mass is 10.1. The summed E-state index contributed by atoms with van der Waals surface area (Å²) in [5.41, 5.74) is 1.37. The van der Waals surface area contributed by atoms with E-state index in [4.69, 9.17) is 4.74 Å². The molecule has 2 nitrogen and oxygen atoms in total. The van der Waals surface area contributed by atoms with E-state index in [0.717, 1.165) is 19.8 Å². The first-order valence-corrected chi connectivity index (χ1v) is 6.97. The summed E-state index contributed by atoms with van der Waals surface area (Å²) in [7, 11) is 0. The summed E-state index contributed by atoms with van der Waals surface area (Å²) in [6.07, 6.45) is 0. The SMILES string of the molecule is CC(C)(C)Sc1ccccc1[C@H]1COCCN1. The van der Waals surface area contributed by atoms with Crippen LogP contribution >= 0.6 is 11.8 Å². The quantitative estimate of drug-likeness (QED) is 0.815. The van der Waals surface area contributed by atoms with Gasteiger partial charge in [-0.2, -0.15) is 0 Å². The van der Waals surface area contributed by atoms with Crippen LogP contribution in [0, 0.1) is 0 Å². The molecule has 0 radical (unpaired) electrons. The Morgan fingerprint density at radius 1 is 1.29 bits per heavy atom. The van der Waals surface area contributed by atoms with E-state index in [1.54, 1.807) is 0 Å². The Kier molecular flexibility index (Phi) is 4.13. The molecule has 1 fully saturated rings. The Bertz CT molecular complexity index is 367. The monoisotopic (exact) mass is 251 g/mol. The Balaban J connectivity index is 2.20. The van der Waals surface area contributed by atoms with Crippen LogP contribution in [0.1, 0.15) is 32.4 Å². The number of morpholine rings is 1. The first-order valence-electron chi connectivity index (χ1n) is 6.15. The number of rotatable bonds is 2. The second-order valence-electron chi connectivity index (χ2n) is 5.33. The lowest BCUT2D eigenvalue weighted by Gasteiger charge is -2.27. The van der Waals surface area contributed by atoms with Crippen LogP contribution in [0.2, 0.25) is 0 Å². The molecule has 0 aliphatic carbocycles. The average molecular weight is 251 g/mol. The fourth-order valence-electron chi connectivity index (χ4n) is 1.96. The lowest BCUT2D eigenvalue weighted by Crippen LogP contribution is -2.34. The van der Waals surface area contributed by atoms with Gasteiger partial charge in [-0.1, -0.05) is 39.0 Å². The molecule has 1 atom stereocenters. The number of nitrogens with one attached hydrogen (secondary N) is 1. The van der Waals surface area contributed by atoms with Gasteiger partial charge in [0.15, 0.2) is 0 Å². The van der Waals surface area contributed by atoms with E-state index in [-0.39, 0.29) is 4.75 Å². The van der Waals surface area contributed by atoms with Crippen LogP contribution in [-0.2, 0) is 4.74 Å². The maximum absolute atomic E-state index is 5.55. The van der Waals surface area contributed by atoms with Crippen LogP contribution in [-0.4, -0.2) is 24.5 Å². The summed E-state index contributed by atoms with van der Waals surface area (Å²) >= 11 is 1.93. The summed E-state index contributed by atoms with van der Waals surface area (Å²) in [6.45, 7) is 9.30. The topological polar surface area (TPSA) is 21.3 Å². The molecule has 1 N–H and O–H groups in total. The molecule has 1 aromatic rings. The molecule has 1 aliphatic rings. The van der Waals surface area contributed by atoms with Crippen LogP contribution < -0.4 is 5.32 Å². The van der Waals surface area contributed by atoms with E-state index in [1.165, 1.54) is 10.5 Å². The molecule has 2 rings (SSSR count). The Morgan fingerprint density at radius 3 is 2.71 bits per heavy atom. The average Bonchev–Trinajstić information content (AvgIpc) is 2.29. The van der Waals surface area contributed by atoms with Crippen LogP contribution in [0.25, 0.3) is 0 Å². The zero-order chi connectivity index (χ0) is 12.3. The minimum absolute atomic E-state index is 0.242. The van der Waals surface area contributed by atoms with Crippen molar-refractivity contribution in [2.45, 2.75) is 36.5 Å². The minimum Gasteiger partial charge on any atom is -0.378 e. The molecule has 0 saturated carbocycles. The highest BCUT2D eigenvalue weighted by molar-refractivity contribution is 8.00. The number of hydrogen-bond donors (Lipinski definition) is 1. The van der Waals surface area contributed by atoms with E-state index in [1.807, 2.05) is 11.8 Å². The molecule has 0 amide bonds. The zero-order valence-electron chi connectivity index (χ0n) is 10.8. The Hall–Kier alpha value is -0.510. The van der Waals surface area contributed by atoms with Crippen molar-refractivity contribution in [3.05, 3.63) is 29.8 Å². The summed E-state index contributed by atoms with van der Waals surface area (Å²) in [5, 5.41) is 3.52. The largest absolute Gasteiger partial charge is 0.378 e. The fourth-order valence-corrected chi connectivity index (χ4v) is 3.09. The molecule has 0 unspecified atom stereocenters. The molecule has 1 heterocycles. The standard InChI is InChI=1S/C14H21NOS/c1-14(2,3)17-13-7-5-4-6-11(13)12-10-16-9-8-15-12/h4-7,12,15H,8-10H2,1-3H3/t12-/m1/s1. The number of hydrogen-bond acceptors (Lipinski definition) is 3. The molecule has 0 bridgehead atoms. The van der Waals surface area contributed by atoms with Crippen molar-refractivity contribution >= 4 is 11.8 Å². The molecule has 1 aromatic carbocycles. The smallest absolute Gasteiger partial charge is 0.0662 e. The highest BCUT2D eigenvalue weighted by Crippen LogP contribution is 2.36. The van der Waals surface area contributed by atoms with Gasteiger partial charge in [-0.15, -0.1) is 11.8 Å². The van der Waals surface area contributed by atoms with Gasteiger partial charge in [-0.3, -0.25) is 0 Å². The predicted molar refractivity (Wildman–Crippen MR) is 73.6 cm³/mol. The van der Waals surface area contributed by atoms with Gasteiger partial charge >= 0.3 is 0 Å². The maximum Gasteiger partial charge on any atom is 0.0662 e. The third-order valence-electron chi connectivity index (χ3n) is 2.63. The molecule has 3 heteroatoms. The second kappa shape index (κ2) is 5.42.